The van der Waals surface area contributed by atoms with E-state index in [-0.39, 0.29) is 0 Å². The van der Waals surface area contributed by atoms with E-state index in [0.29, 0.717) is 0 Å². The van der Waals surface area contributed by atoms with Crippen molar-refractivity contribution in [3.05, 3.63) is 92.7 Å². The van der Waals surface area contributed by atoms with E-state index in [1.165, 1.54) is 55.6 Å². The first kappa shape index (κ1) is 22.9. The van der Waals surface area contributed by atoms with Crippen molar-refractivity contribution in [2.24, 2.45) is 0 Å². The Kier molecular flexibility index (Phi) is 5.97. The average Bonchev–Trinajstić information content (AvgIpc) is 2.75. The molecular formula is C31H34N2. The SMILES string of the molecule is Cc1cc(C)cc(-c2ncc(-c3c(C)c(C)c(C)c(C)c3C)nc2-c2cc(C)cc(C)c2)c1. The Morgan fingerprint density at radius 3 is 1.30 bits per heavy atom. The van der Waals surface area contributed by atoms with E-state index in [1.807, 2.05) is 6.20 Å². The predicted octanol–water partition coefficient (Wildman–Crippen LogP) is 8.25. The Morgan fingerprint density at radius 2 is 0.848 bits per heavy atom. The summed E-state index contributed by atoms with van der Waals surface area (Å²) in [7, 11) is 0. The zero-order valence-electron chi connectivity index (χ0n) is 21.4. The van der Waals surface area contributed by atoms with Crippen molar-refractivity contribution >= 4 is 0 Å². The van der Waals surface area contributed by atoms with Gasteiger partial charge in [-0.3, -0.25) is 4.98 Å². The number of benzene rings is 3. The molecule has 0 saturated carbocycles. The standard InChI is InChI=1S/C31H34N2/c1-17-10-18(2)13-26(12-17)30-31(27-14-19(3)11-20(4)15-27)33-28(16-32-30)29-24(8)22(6)21(5)23(7)25(29)9/h10-16H,1-9H3. The van der Waals surface area contributed by atoms with Crippen LogP contribution in [-0.4, -0.2) is 9.97 Å². The fraction of sp³-hybridized carbons (Fsp3) is 0.290. The number of rotatable bonds is 3. The summed E-state index contributed by atoms with van der Waals surface area (Å²) in [6.07, 6.45) is 1.96. The first-order chi connectivity index (χ1) is 15.6. The summed E-state index contributed by atoms with van der Waals surface area (Å²) in [5.41, 5.74) is 17.8. The lowest BCUT2D eigenvalue weighted by Gasteiger charge is -2.19. The van der Waals surface area contributed by atoms with Crippen LogP contribution >= 0.6 is 0 Å². The molecule has 33 heavy (non-hydrogen) atoms. The second kappa shape index (κ2) is 8.59. The zero-order chi connectivity index (χ0) is 24.0. The third-order valence-corrected chi connectivity index (χ3v) is 7.02. The van der Waals surface area contributed by atoms with Gasteiger partial charge in [0.25, 0.3) is 0 Å². The van der Waals surface area contributed by atoms with Gasteiger partial charge < -0.3 is 0 Å². The number of aryl methyl sites for hydroxylation is 4. The molecule has 0 spiro atoms. The van der Waals surface area contributed by atoms with Crippen LogP contribution in [0.25, 0.3) is 33.8 Å². The van der Waals surface area contributed by atoms with Crippen molar-refractivity contribution in [1.82, 2.24) is 9.97 Å². The molecule has 0 unspecified atom stereocenters. The van der Waals surface area contributed by atoms with Gasteiger partial charge in [0.05, 0.1) is 23.3 Å². The second-order valence-corrected chi connectivity index (χ2v) is 9.71. The molecule has 2 nitrogen and oxygen atoms in total. The van der Waals surface area contributed by atoms with Crippen molar-refractivity contribution < 1.29 is 0 Å². The molecule has 0 aliphatic rings. The fourth-order valence-corrected chi connectivity index (χ4v) is 5.03. The molecule has 0 aliphatic carbocycles. The highest BCUT2D eigenvalue weighted by molar-refractivity contribution is 5.82. The van der Waals surface area contributed by atoms with Crippen LogP contribution in [0, 0.1) is 62.3 Å². The second-order valence-electron chi connectivity index (χ2n) is 9.71. The van der Waals surface area contributed by atoms with Gasteiger partial charge in [-0.25, -0.2) is 4.98 Å². The van der Waals surface area contributed by atoms with Crippen LogP contribution in [0.4, 0.5) is 0 Å². The first-order valence-electron chi connectivity index (χ1n) is 11.7. The lowest BCUT2D eigenvalue weighted by Crippen LogP contribution is -2.03. The average molecular weight is 435 g/mol. The van der Waals surface area contributed by atoms with Gasteiger partial charge >= 0.3 is 0 Å². The highest BCUT2D eigenvalue weighted by atomic mass is 14.8. The molecule has 1 aromatic heterocycles. The van der Waals surface area contributed by atoms with Crippen molar-refractivity contribution in [3.8, 4) is 33.8 Å². The Hall–Kier alpha value is -3.26. The molecule has 0 atom stereocenters. The minimum absolute atomic E-state index is 0.936. The summed E-state index contributed by atoms with van der Waals surface area (Å²) in [5, 5.41) is 0. The van der Waals surface area contributed by atoms with Crippen molar-refractivity contribution in [2.45, 2.75) is 62.3 Å². The maximum absolute atomic E-state index is 5.30. The van der Waals surface area contributed by atoms with Gasteiger partial charge in [0.1, 0.15) is 0 Å². The van der Waals surface area contributed by atoms with Crippen molar-refractivity contribution in [1.29, 1.82) is 0 Å². The molecule has 0 fully saturated rings. The zero-order valence-corrected chi connectivity index (χ0v) is 21.4. The molecular weight excluding hydrogens is 400 g/mol. The molecule has 0 bridgehead atoms. The van der Waals surface area contributed by atoms with Gasteiger partial charge in [0.2, 0.25) is 0 Å². The molecule has 1 heterocycles. The van der Waals surface area contributed by atoms with Crippen LogP contribution in [0.1, 0.15) is 50.1 Å². The summed E-state index contributed by atoms with van der Waals surface area (Å²) in [6, 6.07) is 13.3. The number of hydrogen-bond donors (Lipinski definition) is 0. The van der Waals surface area contributed by atoms with Crippen LogP contribution in [0.15, 0.2) is 42.6 Å². The van der Waals surface area contributed by atoms with Crippen LogP contribution in [0.3, 0.4) is 0 Å². The third kappa shape index (κ3) is 4.23. The van der Waals surface area contributed by atoms with Crippen LogP contribution in [0.2, 0.25) is 0 Å². The molecule has 2 heteroatoms. The first-order valence-corrected chi connectivity index (χ1v) is 11.7. The molecule has 0 aliphatic heterocycles. The number of hydrogen-bond acceptors (Lipinski definition) is 2. The highest BCUT2D eigenvalue weighted by Crippen LogP contribution is 2.37. The molecule has 3 aromatic carbocycles. The normalized spacial score (nSPS) is 11.2. The summed E-state index contributed by atoms with van der Waals surface area (Å²) in [6.45, 7) is 19.6. The Bertz CT molecular complexity index is 1320. The monoisotopic (exact) mass is 434 g/mol. The third-order valence-electron chi connectivity index (χ3n) is 7.02. The van der Waals surface area contributed by atoms with Crippen molar-refractivity contribution in [3.63, 3.8) is 0 Å². The molecule has 168 valence electrons. The minimum atomic E-state index is 0.936. The van der Waals surface area contributed by atoms with Gasteiger partial charge in [0.15, 0.2) is 0 Å². The van der Waals surface area contributed by atoms with Gasteiger partial charge in [0, 0.05) is 16.7 Å². The van der Waals surface area contributed by atoms with E-state index in [9.17, 15) is 0 Å². The topological polar surface area (TPSA) is 25.8 Å². The van der Waals surface area contributed by atoms with Crippen LogP contribution < -0.4 is 0 Å². The van der Waals surface area contributed by atoms with Crippen LogP contribution in [0.5, 0.6) is 0 Å². The molecule has 0 radical (unpaired) electrons. The van der Waals surface area contributed by atoms with E-state index >= 15 is 0 Å². The van der Waals surface area contributed by atoms with E-state index < -0.39 is 0 Å². The van der Waals surface area contributed by atoms with E-state index in [4.69, 9.17) is 9.97 Å². The summed E-state index contributed by atoms with van der Waals surface area (Å²) >= 11 is 0. The maximum atomic E-state index is 5.30. The van der Waals surface area contributed by atoms with Gasteiger partial charge in [-0.05, 0) is 114 Å². The minimum Gasteiger partial charge on any atom is -0.252 e. The quantitative estimate of drug-likeness (QED) is 0.324. The van der Waals surface area contributed by atoms with Gasteiger partial charge in [-0.2, -0.15) is 0 Å². The smallest absolute Gasteiger partial charge is 0.0972 e. The molecule has 0 amide bonds. The molecule has 0 N–H and O–H groups in total. The van der Waals surface area contributed by atoms with E-state index in [1.54, 1.807) is 0 Å². The molecule has 4 rings (SSSR count). The highest BCUT2D eigenvalue weighted by Gasteiger charge is 2.19. The summed E-state index contributed by atoms with van der Waals surface area (Å²) in [5.74, 6) is 0. The summed E-state index contributed by atoms with van der Waals surface area (Å²) in [4.78, 5) is 10.3. The predicted molar refractivity (Wildman–Crippen MR) is 141 cm³/mol. The van der Waals surface area contributed by atoms with E-state index in [0.717, 1.165) is 28.2 Å². The van der Waals surface area contributed by atoms with Crippen LogP contribution in [-0.2, 0) is 0 Å². The lowest BCUT2D eigenvalue weighted by atomic mass is 9.88. The summed E-state index contributed by atoms with van der Waals surface area (Å²) < 4.78 is 0. The van der Waals surface area contributed by atoms with Gasteiger partial charge in [-0.1, -0.05) is 34.4 Å². The van der Waals surface area contributed by atoms with Crippen molar-refractivity contribution in [2.75, 3.05) is 0 Å². The van der Waals surface area contributed by atoms with Gasteiger partial charge in [-0.15, -0.1) is 0 Å². The maximum Gasteiger partial charge on any atom is 0.0972 e. The fourth-order valence-electron chi connectivity index (χ4n) is 5.03. The number of aromatic nitrogens is 2. The molecule has 4 aromatic rings. The Labute approximate surface area is 198 Å². The van der Waals surface area contributed by atoms with E-state index in [2.05, 4.69) is 98.7 Å². The largest absolute Gasteiger partial charge is 0.252 e. The lowest BCUT2D eigenvalue weighted by molar-refractivity contribution is 1.14. The number of nitrogens with zero attached hydrogens (tertiary/aromatic N) is 2. The Morgan fingerprint density at radius 1 is 0.455 bits per heavy atom. The molecule has 0 saturated heterocycles. The Balaban J connectivity index is 2.05.